The first-order valence-corrected chi connectivity index (χ1v) is 14.8. The molecule has 8 nitrogen and oxygen atoms in total. The summed E-state index contributed by atoms with van der Waals surface area (Å²) in [6.07, 6.45) is 1.51. The van der Waals surface area contributed by atoms with Gasteiger partial charge in [0.2, 0.25) is 0 Å². The number of nitrogens with one attached hydrogen (secondary N) is 1. The third-order valence-electron chi connectivity index (χ3n) is 7.58. The number of phenols is 1. The van der Waals surface area contributed by atoms with Crippen molar-refractivity contribution in [1.82, 2.24) is 15.2 Å². The summed E-state index contributed by atoms with van der Waals surface area (Å²) in [6.45, 7) is 15.4. The van der Waals surface area contributed by atoms with E-state index >= 15 is 0 Å². The Labute approximate surface area is 255 Å². The largest absolute Gasteiger partial charge is 0.507 e. The number of hydrogen-bond acceptors (Lipinski definition) is 6. The van der Waals surface area contributed by atoms with Gasteiger partial charge in [0.1, 0.15) is 18.1 Å². The molecule has 0 unspecified atom stereocenters. The normalized spacial score (nSPS) is 14.6. The average molecular weight is 585 g/mol. The molecule has 3 aromatic rings. The fraction of sp³-hybridized carbons (Fsp3) is 0.400. The van der Waals surface area contributed by atoms with Crippen molar-refractivity contribution in [3.05, 3.63) is 94.5 Å². The fourth-order valence-corrected chi connectivity index (χ4v) is 4.90. The number of nitrogens with zero attached hydrogens (tertiary/aromatic N) is 3. The Bertz CT molecular complexity index is 1430. The van der Waals surface area contributed by atoms with Crippen LogP contribution < -0.4 is 10.2 Å². The lowest BCUT2D eigenvalue weighted by atomic mass is 9.79. The van der Waals surface area contributed by atoms with E-state index in [4.69, 9.17) is 4.74 Å². The quantitative estimate of drug-likeness (QED) is 0.270. The summed E-state index contributed by atoms with van der Waals surface area (Å²) in [7, 11) is 0. The minimum absolute atomic E-state index is 0.0322. The van der Waals surface area contributed by atoms with Gasteiger partial charge in [-0.3, -0.25) is 14.5 Å². The first-order valence-electron chi connectivity index (χ1n) is 14.8. The lowest BCUT2D eigenvalue weighted by Gasteiger charge is -2.34. The second-order valence-electron chi connectivity index (χ2n) is 13.1. The lowest BCUT2D eigenvalue weighted by Crippen LogP contribution is -2.50. The maximum atomic E-state index is 13.0. The van der Waals surface area contributed by atoms with Crippen molar-refractivity contribution in [3.8, 4) is 11.5 Å². The van der Waals surface area contributed by atoms with Gasteiger partial charge in [-0.05, 0) is 52.3 Å². The van der Waals surface area contributed by atoms with Crippen LogP contribution in [0.2, 0.25) is 0 Å². The van der Waals surface area contributed by atoms with E-state index < -0.39 is 0 Å². The van der Waals surface area contributed by atoms with E-state index in [-0.39, 0.29) is 34.9 Å². The molecule has 1 heterocycles. The number of piperazine rings is 1. The molecule has 0 aliphatic carbocycles. The van der Waals surface area contributed by atoms with E-state index in [0.29, 0.717) is 49.7 Å². The summed E-state index contributed by atoms with van der Waals surface area (Å²) in [5.74, 6) is 0.610. The molecule has 1 aliphatic rings. The van der Waals surface area contributed by atoms with Crippen molar-refractivity contribution >= 4 is 18.0 Å². The van der Waals surface area contributed by atoms with Crippen LogP contribution in [0.15, 0.2) is 71.8 Å². The highest BCUT2D eigenvalue weighted by atomic mass is 16.5. The van der Waals surface area contributed by atoms with Crippen LogP contribution in [-0.2, 0) is 22.2 Å². The number of aromatic hydroxyl groups is 1. The topological polar surface area (TPSA) is 94.5 Å². The Kier molecular flexibility index (Phi) is 9.91. The standard InChI is InChI=1S/C35H44N4O4/c1-34(2,3)28-20-27(32(41)30(21-28)35(4,5)6)22-36-37-31(40)23-38-16-18-39(19-17-38)33(42)26-12-14-29(15-13-26)43-24-25-10-8-7-9-11-25/h7-15,20-22,41H,16-19,23-24H2,1-6H3,(H,37,40)/b36-22+. The Morgan fingerprint density at radius 2 is 1.56 bits per heavy atom. The van der Waals surface area contributed by atoms with E-state index in [0.717, 1.165) is 16.7 Å². The summed E-state index contributed by atoms with van der Waals surface area (Å²) in [5, 5.41) is 15.1. The first-order chi connectivity index (χ1) is 20.3. The van der Waals surface area contributed by atoms with Gasteiger partial charge < -0.3 is 14.7 Å². The molecular weight excluding hydrogens is 540 g/mol. The number of amides is 2. The predicted octanol–water partition coefficient (Wildman–Crippen LogP) is 5.47. The Balaban J connectivity index is 1.26. The van der Waals surface area contributed by atoms with Crippen molar-refractivity contribution in [3.63, 3.8) is 0 Å². The third kappa shape index (κ3) is 8.67. The Hall–Kier alpha value is -4.17. The minimum atomic E-state index is -0.249. The van der Waals surface area contributed by atoms with Gasteiger partial charge in [0.15, 0.2) is 0 Å². The summed E-state index contributed by atoms with van der Waals surface area (Å²) in [4.78, 5) is 29.5. The molecule has 1 fully saturated rings. The maximum Gasteiger partial charge on any atom is 0.254 e. The van der Waals surface area contributed by atoms with Gasteiger partial charge in [0, 0.05) is 42.9 Å². The Morgan fingerprint density at radius 3 is 2.16 bits per heavy atom. The van der Waals surface area contributed by atoms with Crippen LogP contribution in [0.3, 0.4) is 0 Å². The van der Waals surface area contributed by atoms with Crippen LogP contribution in [0.1, 0.15) is 74.2 Å². The van der Waals surface area contributed by atoms with Crippen LogP contribution >= 0.6 is 0 Å². The molecule has 43 heavy (non-hydrogen) atoms. The van der Waals surface area contributed by atoms with Gasteiger partial charge in [0.05, 0.1) is 12.8 Å². The van der Waals surface area contributed by atoms with E-state index in [2.05, 4.69) is 52.1 Å². The zero-order chi connectivity index (χ0) is 31.2. The van der Waals surface area contributed by atoms with Crippen LogP contribution in [0.4, 0.5) is 0 Å². The predicted molar refractivity (Wildman–Crippen MR) is 171 cm³/mol. The summed E-state index contributed by atoms with van der Waals surface area (Å²) in [6, 6.07) is 21.1. The molecule has 0 spiro atoms. The van der Waals surface area contributed by atoms with Gasteiger partial charge in [0.25, 0.3) is 11.8 Å². The number of carbonyl (C=O) groups is 2. The maximum absolute atomic E-state index is 13.0. The third-order valence-corrected chi connectivity index (χ3v) is 7.58. The summed E-state index contributed by atoms with van der Waals surface area (Å²) >= 11 is 0. The average Bonchev–Trinajstić information content (AvgIpc) is 2.96. The zero-order valence-electron chi connectivity index (χ0n) is 26.2. The highest BCUT2D eigenvalue weighted by molar-refractivity contribution is 5.94. The number of ether oxygens (including phenoxy) is 1. The lowest BCUT2D eigenvalue weighted by molar-refractivity contribution is -0.122. The van der Waals surface area contributed by atoms with Gasteiger partial charge in [-0.2, -0.15) is 5.10 Å². The van der Waals surface area contributed by atoms with E-state index in [9.17, 15) is 14.7 Å². The van der Waals surface area contributed by atoms with E-state index in [1.807, 2.05) is 64.4 Å². The van der Waals surface area contributed by atoms with Crippen LogP contribution in [0.5, 0.6) is 11.5 Å². The second-order valence-corrected chi connectivity index (χ2v) is 13.1. The number of hydrogen-bond donors (Lipinski definition) is 2. The molecule has 1 aliphatic heterocycles. The van der Waals surface area contributed by atoms with Gasteiger partial charge >= 0.3 is 0 Å². The van der Waals surface area contributed by atoms with Crippen molar-refractivity contribution in [2.45, 2.75) is 59.0 Å². The van der Waals surface area contributed by atoms with Gasteiger partial charge in [-0.25, -0.2) is 5.43 Å². The molecule has 0 atom stereocenters. The molecule has 3 aromatic carbocycles. The smallest absolute Gasteiger partial charge is 0.254 e. The van der Waals surface area contributed by atoms with Crippen molar-refractivity contribution in [1.29, 1.82) is 0 Å². The molecule has 4 rings (SSSR count). The minimum Gasteiger partial charge on any atom is -0.507 e. The van der Waals surface area contributed by atoms with E-state index in [1.54, 1.807) is 12.1 Å². The highest BCUT2D eigenvalue weighted by Crippen LogP contribution is 2.37. The number of rotatable bonds is 8. The summed E-state index contributed by atoms with van der Waals surface area (Å²) in [5.41, 5.74) is 6.43. The van der Waals surface area contributed by atoms with Gasteiger partial charge in [-0.15, -0.1) is 0 Å². The van der Waals surface area contributed by atoms with Crippen LogP contribution in [0, 0.1) is 0 Å². The number of benzene rings is 3. The molecule has 228 valence electrons. The highest BCUT2D eigenvalue weighted by Gasteiger charge is 2.25. The molecule has 0 saturated carbocycles. The Morgan fingerprint density at radius 1 is 0.907 bits per heavy atom. The zero-order valence-corrected chi connectivity index (χ0v) is 26.2. The molecule has 8 heteroatoms. The molecule has 0 radical (unpaired) electrons. The molecule has 0 aromatic heterocycles. The SMILES string of the molecule is CC(C)(C)c1cc(/C=N/NC(=O)CN2CCN(C(=O)c3ccc(OCc4ccccc4)cc3)CC2)c(O)c(C(C)(C)C)c1. The monoisotopic (exact) mass is 584 g/mol. The molecule has 0 bridgehead atoms. The van der Waals surface area contributed by atoms with E-state index in [1.165, 1.54) is 6.21 Å². The second kappa shape index (κ2) is 13.4. The van der Waals surface area contributed by atoms with Crippen molar-refractivity contribution < 1.29 is 19.4 Å². The first kappa shape index (κ1) is 31.8. The van der Waals surface area contributed by atoms with Gasteiger partial charge in [-0.1, -0.05) is 77.9 Å². The summed E-state index contributed by atoms with van der Waals surface area (Å²) < 4.78 is 5.83. The number of phenolic OH excluding ortho intramolecular Hbond substituents is 1. The van der Waals surface area contributed by atoms with Crippen molar-refractivity contribution in [2.75, 3.05) is 32.7 Å². The number of hydrazone groups is 1. The van der Waals surface area contributed by atoms with Crippen LogP contribution in [0.25, 0.3) is 0 Å². The number of carbonyl (C=O) groups excluding carboxylic acids is 2. The molecule has 2 N–H and O–H groups in total. The van der Waals surface area contributed by atoms with Crippen LogP contribution in [-0.4, -0.2) is 65.7 Å². The van der Waals surface area contributed by atoms with Crippen molar-refractivity contribution in [2.24, 2.45) is 5.10 Å². The molecule has 1 saturated heterocycles. The fourth-order valence-electron chi connectivity index (χ4n) is 4.90. The molecular formula is C35H44N4O4. The molecule has 2 amide bonds.